The fourth-order valence-electron chi connectivity index (χ4n) is 5.39. The maximum atomic E-state index is 14.3. The van der Waals surface area contributed by atoms with E-state index in [1.807, 2.05) is 66.7 Å². The maximum absolute atomic E-state index is 14.3. The second-order valence-corrected chi connectivity index (χ2v) is 11.7. The highest BCUT2D eigenvalue weighted by atomic mass is 32.1. The largest absolute Gasteiger partial charge is 0.497 e. The maximum Gasteiger partial charge on any atom is 0.271 e. The Kier molecular flexibility index (Phi) is 9.00. The molecule has 10 heteroatoms. The number of ether oxygens (including phenoxy) is 3. The van der Waals surface area contributed by atoms with Crippen molar-refractivity contribution in [3.63, 3.8) is 0 Å². The summed E-state index contributed by atoms with van der Waals surface area (Å²) in [4.78, 5) is 33.4. The molecule has 0 aliphatic carbocycles. The highest BCUT2D eigenvalue weighted by molar-refractivity contribution is 7.07. The number of aromatic nitrogens is 1. The summed E-state index contributed by atoms with van der Waals surface area (Å²) in [6.45, 7) is 2.00. The van der Waals surface area contributed by atoms with E-state index >= 15 is 0 Å². The summed E-state index contributed by atoms with van der Waals surface area (Å²) < 4.78 is 19.3. The molecule has 0 spiro atoms. The number of amides is 1. The van der Waals surface area contributed by atoms with Crippen molar-refractivity contribution in [2.24, 2.45) is 4.99 Å². The molecule has 47 heavy (non-hydrogen) atoms. The summed E-state index contributed by atoms with van der Waals surface area (Å²) in [5.41, 5.74) is 3.96. The number of nitrogens with zero attached hydrogens (tertiary/aromatic N) is 3. The van der Waals surface area contributed by atoms with Crippen LogP contribution in [-0.4, -0.2) is 24.7 Å². The lowest BCUT2D eigenvalue weighted by molar-refractivity contribution is -0.113. The molecule has 2 heterocycles. The first-order valence-electron chi connectivity index (χ1n) is 14.7. The van der Waals surface area contributed by atoms with Gasteiger partial charge in [0.15, 0.2) is 16.3 Å². The summed E-state index contributed by atoms with van der Waals surface area (Å²) in [6, 6.07) is 30.4. The van der Waals surface area contributed by atoms with Crippen LogP contribution in [0.5, 0.6) is 17.2 Å². The van der Waals surface area contributed by atoms with E-state index in [0.29, 0.717) is 60.2 Å². The smallest absolute Gasteiger partial charge is 0.271 e. The van der Waals surface area contributed by atoms with Crippen LogP contribution in [0.25, 0.3) is 6.08 Å². The second kappa shape index (κ2) is 13.6. The number of fused-ring (bicyclic) bond motifs is 1. The Hall–Kier alpha value is -5.92. The van der Waals surface area contributed by atoms with Crippen LogP contribution in [0.1, 0.15) is 35.2 Å². The van der Waals surface area contributed by atoms with Gasteiger partial charge in [0.2, 0.25) is 0 Å². The van der Waals surface area contributed by atoms with Crippen LogP contribution >= 0.6 is 11.3 Å². The van der Waals surface area contributed by atoms with Gasteiger partial charge in [0.25, 0.3) is 11.5 Å². The third-order valence-electron chi connectivity index (χ3n) is 7.69. The average molecular weight is 643 g/mol. The topological polar surface area (TPSA) is 115 Å². The lowest BCUT2D eigenvalue weighted by Crippen LogP contribution is -2.40. The van der Waals surface area contributed by atoms with Crippen molar-refractivity contribution < 1.29 is 19.0 Å². The zero-order chi connectivity index (χ0) is 32.9. The van der Waals surface area contributed by atoms with Crippen molar-refractivity contribution in [2.45, 2.75) is 19.6 Å². The molecular formula is C37H30N4O5S. The number of rotatable bonds is 9. The van der Waals surface area contributed by atoms with Crippen LogP contribution in [0, 0.1) is 11.3 Å². The molecule has 5 aromatic rings. The Morgan fingerprint density at radius 2 is 1.77 bits per heavy atom. The van der Waals surface area contributed by atoms with Gasteiger partial charge < -0.3 is 19.5 Å². The normalized spacial score (nSPS) is 14.1. The van der Waals surface area contributed by atoms with E-state index in [2.05, 4.69) is 11.4 Å². The number of para-hydroxylation sites is 2. The van der Waals surface area contributed by atoms with Crippen LogP contribution in [0.15, 0.2) is 118 Å². The molecule has 6 rings (SSSR count). The molecule has 0 radical (unpaired) electrons. The number of benzene rings is 4. The number of nitriles is 1. The quantitative estimate of drug-likeness (QED) is 0.232. The first kappa shape index (κ1) is 31.1. The summed E-state index contributed by atoms with van der Waals surface area (Å²) in [7, 11) is 3.13. The molecule has 0 saturated heterocycles. The fourth-order valence-corrected chi connectivity index (χ4v) is 6.43. The van der Waals surface area contributed by atoms with Crippen molar-refractivity contribution in [3.05, 3.63) is 150 Å². The number of methoxy groups -OCH3 is 2. The molecule has 0 fully saturated rings. The molecule has 4 aromatic carbocycles. The number of hydrogen-bond donors (Lipinski definition) is 1. The van der Waals surface area contributed by atoms with Crippen molar-refractivity contribution in [2.75, 3.05) is 19.5 Å². The van der Waals surface area contributed by atoms with Gasteiger partial charge in [-0.25, -0.2) is 4.99 Å². The average Bonchev–Trinajstić information content (AvgIpc) is 3.40. The number of allylic oxidation sites excluding steroid dienone is 1. The van der Waals surface area contributed by atoms with E-state index in [1.54, 1.807) is 62.1 Å². The minimum atomic E-state index is -0.760. The van der Waals surface area contributed by atoms with E-state index in [9.17, 15) is 9.59 Å². The van der Waals surface area contributed by atoms with E-state index in [4.69, 9.17) is 24.5 Å². The fraction of sp³-hybridized carbons (Fsp3) is 0.135. The molecule has 0 unspecified atom stereocenters. The third kappa shape index (κ3) is 6.43. The Morgan fingerprint density at radius 3 is 2.49 bits per heavy atom. The molecule has 1 aliphatic rings. The van der Waals surface area contributed by atoms with Gasteiger partial charge in [-0.05, 0) is 66.6 Å². The number of anilines is 1. The number of thiazole rings is 1. The van der Waals surface area contributed by atoms with Crippen molar-refractivity contribution in [1.29, 1.82) is 5.26 Å². The standard InChI is InChI=1S/C37H30N4O5S/c1-23-32(35(42)40-28-11-5-4-6-12-28)33(26-9-7-13-29(19-26)44-2)41-36(43)31(47-37(41)39-23)20-27-10-8-14-30(45-3)34(27)46-22-25-17-15-24(21-38)16-18-25/h4-20,33H,22H2,1-3H3,(H,40,42)/b31-20-/t33-/m1/s1. The highest BCUT2D eigenvalue weighted by Crippen LogP contribution is 2.34. The molecule has 1 atom stereocenters. The highest BCUT2D eigenvalue weighted by Gasteiger charge is 2.33. The predicted octanol–water partition coefficient (Wildman–Crippen LogP) is 5.34. The molecule has 1 N–H and O–H groups in total. The Morgan fingerprint density at radius 1 is 1.00 bits per heavy atom. The van der Waals surface area contributed by atoms with Gasteiger partial charge in [-0.3, -0.25) is 14.2 Å². The van der Waals surface area contributed by atoms with Gasteiger partial charge in [0.1, 0.15) is 12.4 Å². The van der Waals surface area contributed by atoms with Gasteiger partial charge in [-0.1, -0.05) is 65.9 Å². The van der Waals surface area contributed by atoms with Crippen LogP contribution in [0.3, 0.4) is 0 Å². The second-order valence-electron chi connectivity index (χ2n) is 10.7. The molecule has 1 aliphatic heterocycles. The van der Waals surface area contributed by atoms with Crippen molar-refractivity contribution >= 4 is 29.0 Å². The van der Waals surface area contributed by atoms with Crippen LogP contribution in [0.2, 0.25) is 0 Å². The Labute approximate surface area is 274 Å². The third-order valence-corrected chi connectivity index (χ3v) is 8.67. The molecule has 0 bridgehead atoms. The lowest BCUT2D eigenvalue weighted by Gasteiger charge is -2.25. The van der Waals surface area contributed by atoms with E-state index < -0.39 is 6.04 Å². The van der Waals surface area contributed by atoms with E-state index in [1.165, 1.54) is 11.3 Å². The minimum absolute atomic E-state index is 0.225. The van der Waals surface area contributed by atoms with Gasteiger partial charge in [0.05, 0.1) is 47.7 Å². The van der Waals surface area contributed by atoms with Gasteiger partial charge in [-0.15, -0.1) is 0 Å². The van der Waals surface area contributed by atoms with E-state index in [0.717, 1.165) is 5.56 Å². The van der Waals surface area contributed by atoms with Crippen LogP contribution in [-0.2, 0) is 11.4 Å². The summed E-state index contributed by atoms with van der Waals surface area (Å²) in [6.07, 6.45) is 1.76. The van der Waals surface area contributed by atoms with Gasteiger partial charge in [0, 0.05) is 11.3 Å². The molecule has 0 saturated carbocycles. The zero-order valence-electron chi connectivity index (χ0n) is 25.9. The van der Waals surface area contributed by atoms with Crippen molar-refractivity contribution in [3.8, 4) is 23.3 Å². The van der Waals surface area contributed by atoms with Crippen molar-refractivity contribution in [1.82, 2.24) is 4.57 Å². The van der Waals surface area contributed by atoms with Crippen LogP contribution < -0.4 is 34.4 Å². The van der Waals surface area contributed by atoms with E-state index in [-0.39, 0.29) is 18.1 Å². The Balaban J connectivity index is 1.45. The lowest BCUT2D eigenvalue weighted by atomic mass is 9.95. The number of carbonyl (C=O) groups excluding carboxylic acids is 1. The number of nitrogens with one attached hydrogen (secondary N) is 1. The monoisotopic (exact) mass is 642 g/mol. The summed E-state index contributed by atoms with van der Waals surface area (Å²) in [5.74, 6) is 1.21. The first-order chi connectivity index (χ1) is 22.9. The van der Waals surface area contributed by atoms with Crippen LogP contribution in [0.4, 0.5) is 5.69 Å². The number of hydrogen-bond acceptors (Lipinski definition) is 8. The summed E-state index contributed by atoms with van der Waals surface area (Å²) >= 11 is 1.23. The Bertz CT molecular complexity index is 2210. The van der Waals surface area contributed by atoms with Gasteiger partial charge >= 0.3 is 0 Å². The van der Waals surface area contributed by atoms with Gasteiger partial charge in [-0.2, -0.15) is 5.26 Å². The molecule has 1 aromatic heterocycles. The number of carbonyl (C=O) groups is 1. The molecule has 1 amide bonds. The minimum Gasteiger partial charge on any atom is -0.497 e. The molecule has 234 valence electrons. The molecular weight excluding hydrogens is 612 g/mol. The predicted molar refractivity (Wildman–Crippen MR) is 180 cm³/mol. The SMILES string of the molecule is COc1cccc([C@@H]2C(C(=O)Nc3ccccc3)=C(C)N=c3s/c(=C\c4cccc(OC)c4OCc4ccc(C#N)cc4)c(=O)n32)c1. The first-order valence-corrected chi connectivity index (χ1v) is 15.5. The molecule has 9 nitrogen and oxygen atoms in total. The zero-order valence-corrected chi connectivity index (χ0v) is 26.7. The summed E-state index contributed by atoms with van der Waals surface area (Å²) in [5, 5.41) is 12.1.